The first kappa shape index (κ1) is 17.5. The third-order valence-corrected chi connectivity index (χ3v) is 9.60. The highest BCUT2D eigenvalue weighted by Gasteiger charge is 2.28. The molecule has 1 aromatic rings. The van der Waals surface area contributed by atoms with Gasteiger partial charge in [0.05, 0.1) is 0 Å². The molecule has 114 valence electrons. The molecule has 0 aliphatic carbocycles. The highest BCUT2D eigenvalue weighted by Crippen LogP contribution is 2.25. The number of hydrogen-bond acceptors (Lipinski definition) is 2. The topological polar surface area (TPSA) is 29.5 Å². The lowest BCUT2D eigenvalue weighted by molar-refractivity contribution is 0.466. The molecular weight excluding hydrogens is 280 g/mol. The zero-order chi connectivity index (χ0) is 15.6. The molecule has 20 heavy (non-hydrogen) atoms. The van der Waals surface area contributed by atoms with Crippen LogP contribution in [0.3, 0.4) is 0 Å². The second kappa shape index (κ2) is 6.45. The molecule has 0 bridgehead atoms. The van der Waals surface area contributed by atoms with Crippen molar-refractivity contribution in [2.45, 2.75) is 65.5 Å². The summed E-state index contributed by atoms with van der Waals surface area (Å²) in [6, 6.07) is 5.42. The van der Waals surface area contributed by atoms with Crippen LogP contribution in [0.15, 0.2) is 12.1 Å². The predicted octanol–water partition coefficient (Wildman–Crippen LogP) is 5.00. The van der Waals surface area contributed by atoms with Crippen molar-refractivity contribution in [3.63, 3.8) is 0 Å². The average molecular weight is 311 g/mol. The van der Waals surface area contributed by atoms with Crippen LogP contribution in [0.25, 0.3) is 0 Å². The number of phenols is 1. The minimum absolute atomic E-state index is 0.436. The van der Waals surface area contributed by atoms with Gasteiger partial charge in [0, 0.05) is 0 Å². The summed E-state index contributed by atoms with van der Waals surface area (Å²) < 4.78 is 6.37. The lowest BCUT2D eigenvalue weighted by Gasteiger charge is -2.31. The molecule has 1 N–H and O–H groups in total. The van der Waals surface area contributed by atoms with Gasteiger partial charge in [0.25, 0.3) is 0 Å². The molecule has 1 rings (SSSR count). The van der Waals surface area contributed by atoms with Gasteiger partial charge in [0.1, 0.15) is 5.75 Å². The molecule has 0 aliphatic heterocycles. The smallest absolute Gasteiger partial charge is 0.173 e. The van der Waals surface area contributed by atoms with Crippen molar-refractivity contribution in [2.75, 3.05) is 0 Å². The molecular formula is C16H30O2Si2. The summed E-state index contributed by atoms with van der Waals surface area (Å²) in [5, 5.41) is 9.80. The van der Waals surface area contributed by atoms with Crippen LogP contribution in [0.2, 0.25) is 38.8 Å². The van der Waals surface area contributed by atoms with Crippen LogP contribution in [0.1, 0.15) is 23.1 Å². The maximum absolute atomic E-state index is 9.80. The minimum Gasteiger partial charge on any atom is -0.507 e. The van der Waals surface area contributed by atoms with E-state index in [2.05, 4.69) is 44.9 Å². The molecule has 0 atom stereocenters. The van der Waals surface area contributed by atoms with E-state index in [-0.39, 0.29) is 0 Å². The molecule has 0 radical (unpaired) electrons. The Morgan fingerprint density at radius 1 is 1.00 bits per heavy atom. The van der Waals surface area contributed by atoms with E-state index < -0.39 is 16.6 Å². The van der Waals surface area contributed by atoms with Crippen molar-refractivity contribution >= 4 is 16.6 Å². The molecule has 2 nitrogen and oxygen atoms in total. The molecule has 0 saturated heterocycles. The van der Waals surface area contributed by atoms with Crippen molar-refractivity contribution in [2.24, 2.45) is 0 Å². The van der Waals surface area contributed by atoms with Gasteiger partial charge in [0.2, 0.25) is 0 Å². The maximum Gasteiger partial charge on any atom is 0.173 e. The number of hydrogen-bond donors (Lipinski definition) is 1. The van der Waals surface area contributed by atoms with Gasteiger partial charge >= 0.3 is 0 Å². The summed E-state index contributed by atoms with van der Waals surface area (Å²) in [5.41, 5.74) is 3.29. The molecule has 0 unspecified atom stereocenters. The lowest BCUT2D eigenvalue weighted by Crippen LogP contribution is -2.42. The first-order valence-corrected chi connectivity index (χ1v) is 14.0. The zero-order valence-electron chi connectivity index (χ0n) is 14.1. The Bertz CT molecular complexity index is 439. The Morgan fingerprint density at radius 3 is 1.95 bits per heavy atom. The number of aromatic hydroxyl groups is 1. The SMILES string of the molecule is Cc1cc(CCC[Si](C)(C)O[Si](C)(C)C)cc(C)c1O. The van der Waals surface area contributed by atoms with E-state index in [1.807, 2.05) is 13.8 Å². The molecule has 0 amide bonds. The zero-order valence-corrected chi connectivity index (χ0v) is 16.1. The van der Waals surface area contributed by atoms with Crippen LogP contribution < -0.4 is 0 Å². The molecule has 0 spiro atoms. The monoisotopic (exact) mass is 310 g/mol. The fourth-order valence-electron chi connectivity index (χ4n) is 2.79. The van der Waals surface area contributed by atoms with Gasteiger partial charge in [-0.15, -0.1) is 0 Å². The van der Waals surface area contributed by atoms with Crippen LogP contribution in [0.4, 0.5) is 0 Å². The Balaban J connectivity index is 2.56. The van der Waals surface area contributed by atoms with Crippen LogP contribution >= 0.6 is 0 Å². The van der Waals surface area contributed by atoms with Crippen molar-refractivity contribution in [1.82, 2.24) is 0 Å². The molecule has 4 heteroatoms. The summed E-state index contributed by atoms with van der Waals surface area (Å²) >= 11 is 0. The predicted molar refractivity (Wildman–Crippen MR) is 92.6 cm³/mol. The third-order valence-electron chi connectivity index (χ3n) is 3.38. The van der Waals surface area contributed by atoms with E-state index in [1.54, 1.807) is 0 Å². The second-order valence-corrected chi connectivity index (χ2v) is 16.5. The van der Waals surface area contributed by atoms with Gasteiger partial charge in [0.15, 0.2) is 16.6 Å². The normalized spacial score (nSPS) is 12.8. The van der Waals surface area contributed by atoms with Crippen LogP contribution in [-0.2, 0) is 10.5 Å². The van der Waals surface area contributed by atoms with E-state index >= 15 is 0 Å². The summed E-state index contributed by atoms with van der Waals surface area (Å²) in [6.45, 7) is 15.4. The first-order valence-electron chi connectivity index (χ1n) is 7.49. The van der Waals surface area contributed by atoms with Gasteiger partial charge in [-0.25, -0.2) is 0 Å². The van der Waals surface area contributed by atoms with Crippen LogP contribution in [0.5, 0.6) is 5.75 Å². The van der Waals surface area contributed by atoms with Crippen molar-refractivity contribution in [1.29, 1.82) is 0 Å². The van der Waals surface area contributed by atoms with E-state index in [9.17, 15) is 5.11 Å². The van der Waals surface area contributed by atoms with Gasteiger partial charge in [-0.2, -0.15) is 0 Å². The molecule has 0 heterocycles. The Labute approximate surface area is 126 Å². The minimum atomic E-state index is -1.52. The van der Waals surface area contributed by atoms with E-state index in [1.165, 1.54) is 18.0 Å². The van der Waals surface area contributed by atoms with Crippen LogP contribution in [-0.4, -0.2) is 21.7 Å². The highest BCUT2D eigenvalue weighted by molar-refractivity contribution is 6.84. The standard InChI is InChI=1S/C16H30O2Si2/c1-13-11-15(12-14(2)16(13)17)9-8-10-20(6,7)18-19(3,4)5/h11-12,17H,8-10H2,1-7H3. The largest absolute Gasteiger partial charge is 0.507 e. The third kappa shape index (κ3) is 5.81. The van der Waals surface area contributed by atoms with Gasteiger partial charge in [-0.05, 0) is 82.2 Å². The van der Waals surface area contributed by atoms with E-state index in [4.69, 9.17) is 4.12 Å². The number of phenolic OH excluding ortho intramolecular Hbond substituents is 1. The molecule has 0 saturated carbocycles. The number of benzene rings is 1. The van der Waals surface area contributed by atoms with E-state index in [0.29, 0.717) is 5.75 Å². The summed E-state index contributed by atoms with van der Waals surface area (Å²) in [4.78, 5) is 0. The first-order chi connectivity index (χ1) is 9.00. The van der Waals surface area contributed by atoms with Crippen molar-refractivity contribution in [3.8, 4) is 5.75 Å². The molecule has 1 aromatic carbocycles. The molecule has 0 fully saturated rings. The quantitative estimate of drug-likeness (QED) is 0.749. The van der Waals surface area contributed by atoms with Crippen molar-refractivity contribution < 1.29 is 9.22 Å². The van der Waals surface area contributed by atoms with Gasteiger partial charge in [-0.3, -0.25) is 0 Å². The van der Waals surface area contributed by atoms with E-state index in [0.717, 1.165) is 17.5 Å². The molecule has 0 aromatic heterocycles. The maximum atomic E-state index is 9.80. The Morgan fingerprint density at radius 2 is 1.50 bits per heavy atom. The van der Waals surface area contributed by atoms with Gasteiger partial charge < -0.3 is 9.22 Å². The number of rotatable bonds is 6. The van der Waals surface area contributed by atoms with Crippen LogP contribution in [0, 0.1) is 13.8 Å². The van der Waals surface area contributed by atoms with Gasteiger partial charge in [-0.1, -0.05) is 12.1 Å². The summed E-state index contributed by atoms with van der Waals surface area (Å²) in [5.74, 6) is 0.436. The fourth-order valence-corrected chi connectivity index (χ4v) is 10.9. The summed E-state index contributed by atoms with van der Waals surface area (Å²) in [6.07, 6.45) is 2.25. The summed E-state index contributed by atoms with van der Waals surface area (Å²) in [7, 11) is -2.94. The number of aryl methyl sites for hydroxylation is 3. The second-order valence-electron chi connectivity index (χ2n) is 7.41. The highest BCUT2D eigenvalue weighted by atomic mass is 28.4. The fraction of sp³-hybridized carbons (Fsp3) is 0.625. The average Bonchev–Trinajstić information content (AvgIpc) is 2.21. The Hall–Kier alpha value is -0.586. The molecule has 0 aliphatic rings. The lowest BCUT2D eigenvalue weighted by atomic mass is 10.0. The van der Waals surface area contributed by atoms with Crippen molar-refractivity contribution in [3.05, 3.63) is 28.8 Å². The Kier molecular flexibility index (Phi) is 5.64.